The zero-order valence-corrected chi connectivity index (χ0v) is 16.6. The molecule has 5 rings (SSSR count). The van der Waals surface area contributed by atoms with E-state index < -0.39 is 0 Å². The number of imidazole rings is 1. The monoisotopic (exact) mass is 404 g/mol. The number of rotatable bonds is 6. The highest BCUT2D eigenvalue weighted by Gasteiger charge is 2.24. The summed E-state index contributed by atoms with van der Waals surface area (Å²) in [6, 6.07) is 21.1. The Morgan fingerprint density at radius 3 is 2.10 bits per heavy atom. The first-order valence-electron chi connectivity index (χ1n) is 9.71. The highest BCUT2D eigenvalue weighted by molar-refractivity contribution is 6.28. The van der Waals surface area contributed by atoms with Gasteiger partial charge < -0.3 is 14.8 Å². The van der Waals surface area contributed by atoms with Gasteiger partial charge in [-0.15, -0.1) is 0 Å². The van der Waals surface area contributed by atoms with Crippen LogP contribution in [0.1, 0.15) is 17.2 Å². The maximum atomic E-state index is 6.36. The molecule has 0 spiro atoms. The Morgan fingerprint density at radius 2 is 1.55 bits per heavy atom. The van der Waals surface area contributed by atoms with Crippen LogP contribution in [0.3, 0.4) is 0 Å². The first-order chi connectivity index (χ1) is 14.3. The maximum absolute atomic E-state index is 6.36. The predicted octanol–water partition coefficient (Wildman–Crippen LogP) is 3.83. The molecule has 0 saturated carbocycles. The Kier molecular flexibility index (Phi) is 4.87. The molecule has 2 aromatic carbocycles. The van der Waals surface area contributed by atoms with Gasteiger partial charge in [0.2, 0.25) is 5.28 Å². The Labute approximate surface area is 174 Å². The summed E-state index contributed by atoms with van der Waals surface area (Å²) >= 11 is 6.36. The van der Waals surface area contributed by atoms with Crippen molar-refractivity contribution in [1.82, 2.24) is 24.8 Å². The van der Waals surface area contributed by atoms with Crippen molar-refractivity contribution in [3.8, 4) is 0 Å². The molecule has 7 heteroatoms. The van der Waals surface area contributed by atoms with E-state index >= 15 is 0 Å². The summed E-state index contributed by atoms with van der Waals surface area (Å²) in [6.45, 7) is 3.24. The van der Waals surface area contributed by atoms with Crippen molar-refractivity contribution in [2.45, 2.75) is 19.1 Å². The van der Waals surface area contributed by atoms with E-state index in [1.54, 1.807) is 0 Å². The summed E-state index contributed by atoms with van der Waals surface area (Å²) in [7, 11) is 0. The van der Waals surface area contributed by atoms with Crippen molar-refractivity contribution in [2.75, 3.05) is 18.0 Å². The van der Waals surface area contributed by atoms with Crippen molar-refractivity contribution in [3.63, 3.8) is 0 Å². The van der Waals surface area contributed by atoms with Crippen molar-refractivity contribution in [2.24, 2.45) is 0 Å². The van der Waals surface area contributed by atoms with E-state index in [-0.39, 0.29) is 5.28 Å². The molecule has 2 aromatic heterocycles. The number of hydrogen-bond acceptors (Lipinski definition) is 5. The van der Waals surface area contributed by atoms with E-state index in [1.807, 2.05) is 18.5 Å². The van der Waals surface area contributed by atoms with Crippen LogP contribution in [0.15, 0.2) is 67.0 Å². The van der Waals surface area contributed by atoms with E-state index in [4.69, 9.17) is 11.6 Å². The fourth-order valence-corrected chi connectivity index (χ4v) is 3.81. The molecular formula is C22H21ClN6. The topological polar surface area (TPSA) is 58.9 Å². The fourth-order valence-electron chi connectivity index (χ4n) is 3.65. The van der Waals surface area contributed by atoms with Crippen LogP contribution >= 0.6 is 11.6 Å². The second-order valence-corrected chi connectivity index (χ2v) is 7.62. The van der Waals surface area contributed by atoms with Gasteiger partial charge in [0.25, 0.3) is 0 Å². The fraction of sp³-hybridized carbons (Fsp3) is 0.227. The zero-order chi connectivity index (χ0) is 19.6. The van der Waals surface area contributed by atoms with Gasteiger partial charge in [0, 0.05) is 26.2 Å². The van der Waals surface area contributed by atoms with Gasteiger partial charge in [0.15, 0.2) is 17.0 Å². The first kappa shape index (κ1) is 18.1. The molecule has 0 radical (unpaired) electrons. The Morgan fingerprint density at radius 1 is 0.931 bits per heavy atom. The minimum absolute atomic E-state index is 0.243. The molecule has 0 unspecified atom stereocenters. The number of aromatic nitrogens is 4. The smallest absolute Gasteiger partial charge is 0.226 e. The normalized spacial score (nSPS) is 14.1. The molecule has 6 nitrogen and oxygen atoms in total. The largest absolute Gasteiger partial charge is 0.346 e. The summed E-state index contributed by atoms with van der Waals surface area (Å²) in [4.78, 5) is 16.0. The van der Waals surface area contributed by atoms with Crippen LogP contribution in [0.4, 0.5) is 5.82 Å². The van der Waals surface area contributed by atoms with Crippen LogP contribution in [0.5, 0.6) is 0 Å². The van der Waals surface area contributed by atoms with Gasteiger partial charge in [-0.05, 0) is 22.7 Å². The van der Waals surface area contributed by atoms with Gasteiger partial charge in [-0.1, -0.05) is 60.7 Å². The van der Waals surface area contributed by atoms with Gasteiger partial charge >= 0.3 is 0 Å². The summed E-state index contributed by atoms with van der Waals surface area (Å²) < 4.78 is 2.10. The van der Waals surface area contributed by atoms with Crippen LogP contribution in [0, 0.1) is 0 Å². The van der Waals surface area contributed by atoms with Crippen molar-refractivity contribution >= 4 is 28.6 Å². The summed E-state index contributed by atoms with van der Waals surface area (Å²) in [6.07, 6.45) is 1.86. The lowest BCUT2D eigenvalue weighted by Crippen LogP contribution is -2.43. The molecule has 4 aromatic rings. The summed E-state index contributed by atoms with van der Waals surface area (Å²) in [5.41, 5.74) is 3.98. The molecule has 3 heterocycles. The second kappa shape index (κ2) is 7.81. The van der Waals surface area contributed by atoms with Crippen LogP contribution in [0.2, 0.25) is 5.28 Å². The molecular weight excluding hydrogens is 384 g/mol. The second-order valence-electron chi connectivity index (χ2n) is 7.28. The quantitative estimate of drug-likeness (QED) is 0.495. The Bertz CT molecular complexity index is 1070. The molecule has 1 N–H and O–H groups in total. The third-order valence-corrected chi connectivity index (χ3v) is 5.43. The molecule has 1 aliphatic heterocycles. The zero-order valence-electron chi connectivity index (χ0n) is 15.9. The molecule has 29 heavy (non-hydrogen) atoms. The third-order valence-electron chi connectivity index (χ3n) is 5.26. The maximum Gasteiger partial charge on any atom is 0.226 e. The SMILES string of the molecule is Clc1nc(N(Cc2ccccc2)Cc2ccccc2)c2ncn(C3CNC3)c2n1. The number of nitrogens with zero attached hydrogens (tertiary/aromatic N) is 5. The molecule has 1 saturated heterocycles. The predicted molar refractivity (Wildman–Crippen MR) is 115 cm³/mol. The summed E-state index contributed by atoms with van der Waals surface area (Å²) in [5, 5.41) is 3.54. The standard InChI is InChI=1S/C22H21ClN6/c23-22-26-20(19-21(27-22)29(15-25-19)18-11-24-12-18)28(13-16-7-3-1-4-8-16)14-17-9-5-2-6-10-17/h1-10,15,18,24H,11-14H2. The van der Waals surface area contributed by atoms with Crippen LogP contribution < -0.4 is 10.2 Å². The van der Waals surface area contributed by atoms with Crippen LogP contribution in [0.25, 0.3) is 11.2 Å². The Hall–Kier alpha value is -2.96. The van der Waals surface area contributed by atoms with Crippen molar-refractivity contribution in [3.05, 3.63) is 83.4 Å². The van der Waals surface area contributed by atoms with Crippen molar-refractivity contribution in [1.29, 1.82) is 0 Å². The molecule has 146 valence electrons. The van der Waals surface area contributed by atoms with Crippen LogP contribution in [-0.2, 0) is 13.1 Å². The molecule has 1 fully saturated rings. The minimum atomic E-state index is 0.243. The average molecular weight is 405 g/mol. The number of anilines is 1. The molecule has 0 atom stereocenters. The molecule has 0 amide bonds. The first-order valence-corrected chi connectivity index (χ1v) is 10.1. The van der Waals surface area contributed by atoms with Gasteiger partial charge in [-0.25, -0.2) is 4.98 Å². The highest BCUT2D eigenvalue weighted by atomic mass is 35.5. The molecule has 1 aliphatic rings. The van der Waals surface area contributed by atoms with E-state index in [2.05, 4.69) is 78.3 Å². The third kappa shape index (κ3) is 3.69. The van der Waals surface area contributed by atoms with E-state index in [1.165, 1.54) is 11.1 Å². The highest BCUT2D eigenvalue weighted by Crippen LogP contribution is 2.29. The van der Waals surface area contributed by atoms with Gasteiger partial charge in [0.1, 0.15) is 0 Å². The lowest BCUT2D eigenvalue weighted by Gasteiger charge is -2.28. The summed E-state index contributed by atoms with van der Waals surface area (Å²) in [5.74, 6) is 0.763. The van der Waals surface area contributed by atoms with Gasteiger partial charge in [0.05, 0.1) is 12.4 Å². The number of halogens is 1. The van der Waals surface area contributed by atoms with Crippen LogP contribution in [-0.4, -0.2) is 32.6 Å². The van der Waals surface area contributed by atoms with Crippen molar-refractivity contribution < 1.29 is 0 Å². The lowest BCUT2D eigenvalue weighted by molar-refractivity contribution is 0.349. The Balaban J connectivity index is 1.59. The average Bonchev–Trinajstić information content (AvgIpc) is 3.10. The van der Waals surface area contributed by atoms with E-state index in [9.17, 15) is 0 Å². The van der Waals surface area contributed by atoms with Gasteiger partial charge in [-0.2, -0.15) is 9.97 Å². The number of hydrogen-bond donors (Lipinski definition) is 1. The number of benzene rings is 2. The van der Waals surface area contributed by atoms with E-state index in [0.717, 1.165) is 30.1 Å². The van der Waals surface area contributed by atoms with E-state index in [0.29, 0.717) is 19.1 Å². The number of nitrogens with one attached hydrogen (secondary N) is 1. The molecule has 0 aliphatic carbocycles. The minimum Gasteiger partial charge on any atom is -0.346 e. The lowest BCUT2D eigenvalue weighted by atomic mass is 10.1. The van der Waals surface area contributed by atoms with Gasteiger partial charge in [-0.3, -0.25) is 0 Å². The molecule has 0 bridgehead atoms. The number of fused-ring (bicyclic) bond motifs is 1.